The summed E-state index contributed by atoms with van der Waals surface area (Å²) in [5, 5.41) is 3.53. The molecule has 1 aromatic carbocycles. The number of urea groups is 1. The third-order valence-electron chi connectivity index (χ3n) is 3.93. The van der Waals surface area contributed by atoms with Gasteiger partial charge in [0.05, 0.1) is 28.3 Å². The number of allylic oxidation sites excluding steroid dienone is 1. The summed E-state index contributed by atoms with van der Waals surface area (Å²) in [4.78, 5) is 26.6. The minimum atomic E-state index is -0.701. The van der Waals surface area contributed by atoms with Gasteiger partial charge in [0.2, 0.25) is 0 Å². The number of esters is 1. The summed E-state index contributed by atoms with van der Waals surface area (Å²) in [6.07, 6.45) is 1.58. The van der Waals surface area contributed by atoms with E-state index in [9.17, 15) is 9.59 Å². The SMILES string of the molecule is C=CCN1C(=O)N[C@@H](c2ccc(Cl)c(Cl)c2)C(C(=O)OCCOC)=C1C. The number of nitrogens with one attached hydrogen (secondary N) is 1. The Labute approximate surface area is 162 Å². The molecule has 1 aliphatic rings. The predicted molar refractivity (Wildman–Crippen MR) is 100 cm³/mol. The van der Waals surface area contributed by atoms with Gasteiger partial charge in [-0.3, -0.25) is 4.90 Å². The van der Waals surface area contributed by atoms with E-state index in [2.05, 4.69) is 11.9 Å². The van der Waals surface area contributed by atoms with E-state index >= 15 is 0 Å². The highest BCUT2D eigenvalue weighted by Crippen LogP contribution is 2.34. The van der Waals surface area contributed by atoms with Crippen LogP contribution in [0.1, 0.15) is 18.5 Å². The second kappa shape index (κ2) is 9.07. The van der Waals surface area contributed by atoms with Gasteiger partial charge in [-0.15, -0.1) is 6.58 Å². The van der Waals surface area contributed by atoms with E-state index in [1.54, 1.807) is 31.2 Å². The Balaban J connectivity index is 2.46. The van der Waals surface area contributed by atoms with E-state index in [-0.39, 0.29) is 25.8 Å². The molecule has 0 aromatic heterocycles. The number of carbonyl (C=O) groups is 2. The van der Waals surface area contributed by atoms with E-state index in [1.807, 2.05) is 0 Å². The number of ether oxygens (including phenoxy) is 2. The summed E-state index contributed by atoms with van der Waals surface area (Å²) in [6.45, 7) is 5.99. The average molecular weight is 399 g/mol. The Morgan fingerprint density at radius 1 is 1.35 bits per heavy atom. The molecule has 0 unspecified atom stereocenters. The Morgan fingerprint density at radius 3 is 2.69 bits per heavy atom. The van der Waals surface area contributed by atoms with Crippen LogP contribution in [-0.4, -0.2) is 43.8 Å². The number of methoxy groups -OCH3 is 1. The Kier molecular flexibility index (Phi) is 7.08. The van der Waals surface area contributed by atoms with Crippen molar-refractivity contribution in [2.24, 2.45) is 0 Å². The molecule has 2 rings (SSSR count). The molecule has 0 radical (unpaired) electrons. The maximum atomic E-state index is 12.7. The predicted octanol–water partition coefficient (Wildman–Crippen LogP) is 3.71. The van der Waals surface area contributed by atoms with E-state index in [0.29, 0.717) is 26.9 Å². The van der Waals surface area contributed by atoms with Gasteiger partial charge in [0.25, 0.3) is 0 Å². The van der Waals surface area contributed by atoms with E-state index in [4.69, 9.17) is 32.7 Å². The highest BCUT2D eigenvalue weighted by atomic mass is 35.5. The van der Waals surface area contributed by atoms with Crippen LogP contribution in [0.15, 0.2) is 42.1 Å². The van der Waals surface area contributed by atoms with Crippen molar-refractivity contribution in [2.45, 2.75) is 13.0 Å². The standard InChI is InChI=1S/C18H20Cl2N2O4/c1-4-7-22-11(2)15(17(23)26-9-8-25-3)16(21-18(22)24)12-5-6-13(19)14(20)10-12/h4-6,10,16H,1,7-9H2,2-3H3,(H,21,24)/t16-/m0/s1. The normalized spacial score (nSPS) is 17.2. The zero-order valence-electron chi connectivity index (χ0n) is 14.6. The maximum Gasteiger partial charge on any atom is 0.338 e. The second-order valence-corrected chi connectivity index (χ2v) is 6.40. The molecule has 2 amide bonds. The zero-order valence-corrected chi connectivity index (χ0v) is 16.1. The summed E-state index contributed by atoms with van der Waals surface area (Å²) in [5.41, 5.74) is 1.44. The summed E-state index contributed by atoms with van der Waals surface area (Å²) in [6, 6.07) is 3.90. The molecule has 140 valence electrons. The summed E-state index contributed by atoms with van der Waals surface area (Å²) < 4.78 is 10.2. The fourth-order valence-corrected chi connectivity index (χ4v) is 2.94. The van der Waals surface area contributed by atoms with Crippen molar-refractivity contribution in [1.29, 1.82) is 0 Å². The molecule has 0 saturated heterocycles. The molecule has 1 N–H and O–H groups in total. The van der Waals surface area contributed by atoms with Crippen LogP contribution in [0.25, 0.3) is 0 Å². The van der Waals surface area contributed by atoms with Crippen molar-refractivity contribution in [2.75, 3.05) is 26.9 Å². The van der Waals surface area contributed by atoms with Crippen molar-refractivity contribution in [3.63, 3.8) is 0 Å². The van der Waals surface area contributed by atoms with Crippen LogP contribution < -0.4 is 5.32 Å². The number of halogens is 2. The molecule has 1 heterocycles. The van der Waals surface area contributed by atoms with Gasteiger partial charge in [-0.05, 0) is 24.6 Å². The van der Waals surface area contributed by atoms with Crippen LogP contribution in [0, 0.1) is 0 Å². The summed E-state index contributed by atoms with van der Waals surface area (Å²) in [5.74, 6) is -0.537. The Hall–Kier alpha value is -2.02. The lowest BCUT2D eigenvalue weighted by molar-refractivity contribution is -0.140. The van der Waals surface area contributed by atoms with Crippen molar-refractivity contribution >= 4 is 35.2 Å². The quantitative estimate of drug-likeness (QED) is 0.431. The largest absolute Gasteiger partial charge is 0.460 e. The molecular weight excluding hydrogens is 379 g/mol. The second-order valence-electron chi connectivity index (χ2n) is 5.58. The van der Waals surface area contributed by atoms with Gasteiger partial charge in [0, 0.05) is 19.4 Å². The fraction of sp³-hybridized carbons (Fsp3) is 0.333. The fourth-order valence-electron chi connectivity index (χ4n) is 2.63. The number of amides is 2. The molecule has 0 fully saturated rings. The monoisotopic (exact) mass is 398 g/mol. The molecule has 1 atom stereocenters. The van der Waals surface area contributed by atoms with E-state index in [0.717, 1.165) is 0 Å². The van der Waals surface area contributed by atoms with Gasteiger partial charge in [0.15, 0.2) is 0 Å². The van der Waals surface area contributed by atoms with Gasteiger partial charge in [-0.25, -0.2) is 9.59 Å². The number of carbonyl (C=O) groups excluding carboxylic acids is 2. The first-order valence-electron chi connectivity index (χ1n) is 7.91. The lowest BCUT2D eigenvalue weighted by Gasteiger charge is -2.35. The van der Waals surface area contributed by atoms with E-state index in [1.165, 1.54) is 12.0 Å². The van der Waals surface area contributed by atoms with Crippen LogP contribution in [0.4, 0.5) is 4.79 Å². The molecule has 6 nitrogen and oxygen atoms in total. The summed E-state index contributed by atoms with van der Waals surface area (Å²) >= 11 is 12.1. The van der Waals surface area contributed by atoms with Crippen LogP contribution in [-0.2, 0) is 14.3 Å². The molecule has 0 spiro atoms. The highest BCUT2D eigenvalue weighted by Gasteiger charge is 2.36. The molecule has 1 aromatic rings. The van der Waals surface area contributed by atoms with Crippen LogP contribution in [0.2, 0.25) is 10.0 Å². The summed E-state index contributed by atoms with van der Waals surface area (Å²) in [7, 11) is 1.52. The van der Waals surface area contributed by atoms with Gasteiger partial charge in [-0.2, -0.15) is 0 Å². The van der Waals surface area contributed by atoms with E-state index < -0.39 is 12.0 Å². The topological polar surface area (TPSA) is 67.9 Å². The smallest absolute Gasteiger partial charge is 0.338 e. The first-order valence-corrected chi connectivity index (χ1v) is 8.67. The number of hydrogen-bond donors (Lipinski definition) is 1. The van der Waals surface area contributed by atoms with Crippen LogP contribution >= 0.6 is 23.2 Å². The van der Waals surface area contributed by atoms with Crippen LogP contribution in [0.3, 0.4) is 0 Å². The molecule has 0 bridgehead atoms. The first-order chi connectivity index (χ1) is 12.4. The molecular formula is C18H20Cl2N2O4. The number of rotatable bonds is 7. The average Bonchev–Trinajstić information content (AvgIpc) is 2.60. The number of hydrogen-bond acceptors (Lipinski definition) is 4. The Morgan fingerprint density at radius 2 is 2.08 bits per heavy atom. The molecule has 26 heavy (non-hydrogen) atoms. The lowest BCUT2D eigenvalue weighted by atomic mass is 9.95. The first kappa shape index (κ1) is 20.3. The van der Waals surface area contributed by atoms with Gasteiger partial charge in [0.1, 0.15) is 6.61 Å². The molecule has 1 aliphatic heterocycles. The maximum absolute atomic E-state index is 12.7. The van der Waals surface area contributed by atoms with Crippen molar-refractivity contribution in [3.05, 3.63) is 57.7 Å². The molecule has 0 aliphatic carbocycles. The third kappa shape index (κ3) is 4.38. The zero-order chi connectivity index (χ0) is 19.3. The third-order valence-corrected chi connectivity index (χ3v) is 4.66. The molecule has 8 heteroatoms. The highest BCUT2D eigenvalue weighted by molar-refractivity contribution is 6.42. The lowest BCUT2D eigenvalue weighted by Crippen LogP contribution is -2.48. The van der Waals surface area contributed by atoms with Crippen LogP contribution in [0.5, 0.6) is 0 Å². The van der Waals surface area contributed by atoms with Crippen molar-refractivity contribution in [1.82, 2.24) is 10.2 Å². The van der Waals surface area contributed by atoms with Crippen molar-refractivity contribution < 1.29 is 19.1 Å². The molecule has 0 saturated carbocycles. The van der Waals surface area contributed by atoms with Crippen molar-refractivity contribution in [3.8, 4) is 0 Å². The minimum Gasteiger partial charge on any atom is -0.460 e. The van der Waals surface area contributed by atoms with Gasteiger partial charge >= 0.3 is 12.0 Å². The van der Waals surface area contributed by atoms with Gasteiger partial charge < -0.3 is 14.8 Å². The minimum absolute atomic E-state index is 0.107. The number of benzene rings is 1. The Bertz CT molecular complexity index is 749. The van der Waals surface area contributed by atoms with Gasteiger partial charge in [-0.1, -0.05) is 35.3 Å². The number of nitrogens with zero attached hydrogens (tertiary/aromatic N) is 1.